The number of aromatic nitrogens is 1. The van der Waals surface area contributed by atoms with Crippen LogP contribution in [0.15, 0.2) is 69.3 Å². The minimum absolute atomic E-state index is 0.0421. The fraction of sp³-hybridized carbons (Fsp3) is 0.125. The molecule has 0 saturated heterocycles. The van der Waals surface area contributed by atoms with Crippen LogP contribution in [0, 0.1) is 6.92 Å². The first-order valence-electron chi connectivity index (χ1n) is 10.1. The molecule has 34 heavy (non-hydrogen) atoms. The van der Waals surface area contributed by atoms with Crippen molar-refractivity contribution < 1.29 is 9.84 Å². The molecule has 174 valence electrons. The second kappa shape index (κ2) is 10.3. The third kappa shape index (κ3) is 5.05. The summed E-state index contributed by atoms with van der Waals surface area (Å²) in [5.74, 6) is 0.482. The van der Waals surface area contributed by atoms with Gasteiger partial charge in [0, 0.05) is 26.0 Å². The number of methoxy groups -OCH3 is 1. The fourth-order valence-corrected chi connectivity index (χ4v) is 4.38. The molecular formula is C24H19BrCl2N4O2S. The van der Waals surface area contributed by atoms with Gasteiger partial charge in [0.15, 0.2) is 5.69 Å². The van der Waals surface area contributed by atoms with E-state index < -0.39 is 0 Å². The Hall–Kier alpha value is -2.65. The van der Waals surface area contributed by atoms with Crippen molar-refractivity contribution in [2.75, 3.05) is 12.4 Å². The molecule has 10 heteroatoms. The van der Waals surface area contributed by atoms with Gasteiger partial charge in [0.05, 0.1) is 24.9 Å². The van der Waals surface area contributed by atoms with E-state index in [-0.39, 0.29) is 11.0 Å². The van der Waals surface area contributed by atoms with E-state index in [4.69, 9.17) is 40.2 Å². The van der Waals surface area contributed by atoms with Crippen molar-refractivity contribution in [2.45, 2.75) is 13.5 Å². The standard InChI is InChI=1S/C24H19BrCl2N4O2S/c1-13-9-19(21(33-2)11-18(13)27)28-24(34)30-29-22-16-10-15(25)7-8-20(16)31(23(22)32)12-14-5-3-4-6-17(14)26/h3-11,32H,12H2,1-2H3,(H,28,34). The third-order valence-electron chi connectivity index (χ3n) is 5.22. The lowest BCUT2D eigenvalue weighted by molar-refractivity contribution is 0.417. The van der Waals surface area contributed by atoms with Gasteiger partial charge >= 0.3 is 0 Å². The van der Waals surface area contributed by atoms with Crippen LogP contribution in [-0.2, 0) is 6.54 Å². The van der Waals surface area contributed by atoms with Crippen molar-refractivity contribution in [3.05, 3.63) is 80.2 Å². The van der Waals surface area contributed by atoms with Crippen LogP contribution in [0.5, 0.6) is 11.6 Å². The van der Waals surface area contributed by atoms with Crippen molar-refractivity contribution in [2.24, 2.45) is 10.2 Å². The summed E-state index contributed by atoms with van der Waals surface area (Å²) in [6, 6.07) is 16.7. The van der Waals surface area contributed by atoms with Gasteiger partial charge in [0.1, 0.15) is 5.75 Å². The largest absolute Gasteiger partial charge is 0.495 e. The first kappa shape index (κ1) is 24.5. The van der Waals surface area contributed by atoms with Crippen molar-refractivity contribution in [1.82, 2.24) is 4.57 Å². The molecule has 0 unspecified atom stereocenters. The van der Waals surface area contributed by atoms with E-state index in [1.807, 2.05) is 55.5 Å². The van der Waals surface area contributed by atoms with Gasteiger partial charge in [-0.15, -0.1) is 10.2 Å². The summed E-state index contributed by atoms with van der Waals surface area (Å²) in [5.41, 5.74) is 3.41. The Kier molecular flexibility index (Phi) is 7.42. The number of benzene rings is 3. The molecule has 4 rings (SSSR count). The molecule has 0 saturated carbocycles. The number of hydrogen-bond donors (Lipinski definition) is 2. The zero-order valence-corrected chi connectivity index (χ0v) is 22.1. The maximum absolute atomic E-state index is 11.1. The topological polar surface area (TPSA) is 71.1 Å². The number of halogens is 3. The van der Waals surface area contributed by atoms with Crippen molar-refractivity contribution in [3.8, 4) is 11.6 Å². The molecule has 0 aliphatic rings. The number of rotatable bonds is 5. The van der Waals surface area contributed by atoms with E-state index in [0.717, 1.165) is 21.1 Å². The van der Waals surface area contributed by atoms with Gasteiger partial charge in [-0.1, -0.05) is 57.3 Å². The second-order valence-electron chi connectivity index (χ2n) is 7.44. The van der Waals surface area contributed by atoms with E-state index in [9.17, 15) is 5.11 Å². The predicted octanol–water partition coefficient (Wildman–Crippen LogP) is 8.26. The Morgan fingerprint density at radius 1 is 1.15 bits per heavy atom. The zero-order valence-electron chi connectivity index (χ0n) is 18.1. The van der Waals surface area contributed by atoms with Gasteiger partial charge in [-0.05, 0) is 60.6 Å². The lowest BCUT2D eigenvalue weighted by Crippen LogP contribution is -2.06. The van der Waals surface area contributed by atoms with Crippen LogP contribution in [0.1, 0.15) is 11.1 Å². The zero-order chi connectivity index (χ0) is 24.4. The highest BCUT2D eigenvalue weighted by molar-refractivity contribution is 9.10. The van der Waals surface area contributed by atoms with Crippen LogP contribution < -0.4 is 10.1 Å². The minimum atomic E-state index is -0.0421. The Labute approximate surface area is 220 Å². The summed E-state index contributed by atoms with van der Waals surface area (Å²) in [6.45, 7) is 2.24. The van der Waals surface area contributed by atoms with Gasteiger partial charge < -0.3 is 19.7 Å². The lowest BCUT2D eigenvalue weighted by atomic mass is 10.2. The first-order valence-corrected chi connectivity index (χ1v) is 12.0. The Morgan fingerprint density at radius 2 is 1.91 bits per heavy atom. The van der Waals surface area contributed by atoms with E-state index in [1.54, 1.807) is 17.7 Å². The number of nitrogens with zero attached hydrogens (tertiary/aromatic N) is 3. The average Bonchev–Trinajstić information content (AvgIpc) is 3.06. The molecule has 1 aromatic heterocycles. The molecule has 6 nitrogen and oxygen atoms in total. The normalized spacial score (nSPS) is 11.3. The fourth-order valence-electron chi connectivity index (χ4n) is 3.52. The van der Waals surface area contributed by atoms with Crippen molar-refractivity contribution in [1.29, 1.82) is 0 Å². The van der Waals surface area contributed by atoms with Crippen LogP contribution in [-0.4, -0.2) is 21.9 Å². The number of aromatic hydroxyl groups is 1. The molecule has 0 spiro atoms. The maximum Gasteiger partial charge on any atom is 0.221 e. The molecule has 1 heterocycles. The quantitative estimate of drug-likeness (QED) is 0.185. The number of azo groups is 1. The number of nitrogens with one attached hydrogen (secondary N) is 1. The van der Waals surface area contributed by atoms with Gasteiger partial charge in [0.2, 0.25) is 11.0 Å². The Morgan fingerprint density at radius 3 is 2.65 bits per heavy atom. The third-order valence-corrected chi connectivity index (χ3v) is 6.67. The van der Waals surface area contributed by atoms with Crippen LogP contribution in [0.25, 0.3) is 10.9 Å². The summed E-state index contributed by atoms with van der Waals surface area (Å²) in [6.07, 6.45) is 0. The average molecular weight is 578 g/mol. The molecule has 0 atom stereocenters. The summed E-state index contributed by atoms with van der Waals surface area (Å²) in [7, 11) is 1.54. The van der Waals surface area contributed by atoms with Crippen molar-refractivity contribution >= 4 is 78.7 Å². The van der Waals surface area contributed by atoms with E-state index in [0.29, 0.717) is 39.1 Å². The summed E-state index contributed by atoms with van der Waals surface area (Å²) in [4.78, 5) is 0. The summed E-state index contributed by atoms with van der Waals surface area (Å²) >= 11 is 21.4. The van der Waals surface area contributed by atoms with Crippen LogP contribution in [0.2, 0.25) is 10.0 Å². The molecule has 4 aromatic rings. The lowest BCUT2D eigenvalue weighted by Gasteiger charge is -2.11. The Balaban J connectivity index is 1.69. The molecule has 0 fully saturated rings. The Bertz CT molecular complexity index is 1440. The smallest absolute Gasteiger partial charge is 0.221 e. The highest BCUT2D eigenvalue weighted by Crippen LogP contribution is 2.41. The molecule has 0 bridgehead atoms. The number of fused-ring (bicyclic) bond motifs is 1. The predicted molar refractivity (Wildman–Crippen MR) is 145 cm³/mol. The molecular weight excluding hydrogens is 559 g/mol. The first-order chi connectivity index (χ1) is 16.3. The molecule has 0 amide bonds. The molecule has 0 aliphatic heterocycles. The highest BCUT2D eigenvalue weighted by Gasteiger charge is 2.18. The van der Waals surface area contributed by atoms with Gasteiger partial charge in [-0.2, -0.15) is 0 Å². The minimum Gasteiger partial charge on any atom is -0.495 e. The number of anilines is 1. The van der Waals surface area contributed by atoms with Gasteiger partial charge in [-0.25, -0.2) is 0 Å². The SMILES string of the molecule is COc1cc(Cl)c(C)cc1NC(=S)N=Nc1c(O)n(Cc2ccccc2Cl)c2ccc(Br)cc12. The summed E-state index contributed by atoms with van der Waals surface area (Å²) < 4.78 is 7.94. The monoisotopic (exact) mass is 576 g/mol. The van der Waals surface area contributed by atoms with E-state index >= 15 is 0 Å². The molecule has 0 aliphatic carbocycles. The summed E-state index contributed by atoms with van der Waals surface area (Å²) in [5, 5.41) is 24.5. The number of hydrogen-bond acceptors (Lipinski definition) is 4. The number of aryl methyl sites for hydroxylation is 1. The van der Waals surface area contributed by atoms with Gasteiger partial charge in [0.25, 0.3) is 0 Å². The van der Waals surface area contributed by atoms with Crippen molar-refractivity contribution in [3.63, 3.8) is 0 Å². The molecule has 0 radical (unpaired) electrons. The van der Waals surface area contributed by atoms with Crippen LogP contribution in [0.3, 0.4) is 0 Å². The van der Waals surface area contributed by atoms with E-state index in [1.165, 1.54) is 0 Å². The maximum atomic E-state index is 11.1. The van der Waals surface area contributed by atoms with Crippen LogP contribution >= 0.6 is 51.3 Å². The van der Waals surface area contributed by atoms with Gasteiger partial charge in [-0.3, -0.25) is 0 Å². The number of thiocarbonyl (C=S) groups is 1. The van der Waals surface area contributed by atoms with E-state index in [2.05, 4.69) is 31.5 Å². The second-order valence-corrected chi connectivity index (χ2v) is 9.56. The highest BCUT2D eigenvalue weighted by atomic mass is 79.9. The molecule has 2 N–H and O–H groups in total. The number of ether oxygens (including phenoxy) is 1. The van der Waals surface area contributed by atoms with Crippen LogP contribution in [0.4, 0.5) is 11.4 Å². The molecule has 3 aromatic carbocycles.